The first-order valence-electron chi connectivity index (χ1n) is 8.39. The van der Waals surface area contributed by atoms with Gasteiger partial charge >= 0.3 is 0 Å². The number of benzene rings is 1. The quantitative estimate of drug-likeness (QED) is 0.587. The summed E-state index contributed by atoms with van der Waals surface area (Å²) in [6, 6.07) is 8.17. The van der Waals surface area contributed by atoms with Crippen LogP contribution in [0.4, 0.5) is 5.69 Å². The van der Waals surface area contributed by atoms with Crippen molar-refractivity contribution in [3.05, 3.63) is 60.6 Å². The number of nitrogens with zero attached hydrogens (tertiary/aromatic N) is 5. The molecule has 0 radical (unpaired) electrons. The molecule has 0 bridgehead atoms. The Kier molecular flexibility index (Phi) is 3.22. The highest BCUT2D eigenvalue weighted by Crippen LogP contribution is 2.38. The molecule has 0 amide bonds. The Bertz CT molecular complexity index is 1030. The van der Waals surface area contributed by atoms with Crippen LogP contribution in [0, 0.1) is 0 Å². The second-order valence-electron chi connectivity index (χ2n) is 6.31. The van der Waals surface area contributed by atoms with Gasteiger partial charge in [0.15, 0.2) is 11.5 Å². The molecule has 124 valence electrons. The maximum Gasteiger partial charge on any atom is 0.181 e. The topological polar surface area (TPSA) is 83.8 Å². The van der Waals surface area contributed by atoms with E-state index in [4.69, 9.17) is 0 Å². The van der Waals surface area contributed by atoms with Crippen molar-refractivity contribution >= 4 is 11.3 Å². The standard InChI is InChI=1S/C18H17N7/c1-2-13(18-22-17(23-24-18)12-4-5-12)8-14(3-1)20-9-15-10-21-16-11-19-6-7-25(15)16/h1-3,6-8,10-12,20H,4-5,9H2,(H,22,23,24). The SMILES string of the molecule is c1cc(NCc2cnc3cnccn23)cc(-c2n[nH]c(C3CC3)n2)c1. The fraction of sp³-hybridized carbons (Fsp3) is 0.222. The summed E-state index contributed by atoms with van der Waals surface area (Å²) in [5.74, 6) is 2.34. The summed E-state index contributed by atoms with van der Waals surface area (Å²) in [5.41, 5.74) is 3.97. The fourth-order valence-electron chi connectivity index (χ4n) is 2.93. The molecule has 5 rings (SSSR count). The fourth-order valence-corrected chi connectivity index (χ4v) is 2.93. The number of imidazole rings is 1. The molecule has 7 nitrogen and oxygen atoms in total. The largest absolute Gasteiger partial charge is 0.379 e. The molecule has 0 saturated heterocycles. The zero-order valence-corrected chi connectivity index (χ0v) is 13.6. The number of hydrogen-bond donors (Lipinski definition) is 2. The Labute approximate surface area is 144 Å². The molecule has 1 aliphatic rings. The predicted molar refractivity (Wildman–Crippen MR) is 94.1 cm³/mol. The third-order valence-corrected chi connectivity index (χ3v) is 4.46. The van der Waals surface area contributed by atoms with Crippen molar-refractivity contribution in [3.63, 3.8) is 0 Å². The lowest BCUT2D eigenvalue weighted by Crippen LogP contribution is -2.02. The molecule has 1 saturated carbocycles. The second-order valence-corrected chi connectivity index (χ2v) is 6.31. The summed E-state index contributed by atoms with van der Waals surface area (Å²) in [6.07, 6.45) is 9.73. The van der Waals surface area contributed by atoms with E-state index in [0.717, 1.165) is 34.2 Å². The Morgan fingerprint density at radius 3 is 3.12 bits per heavy atom. The first kappa shape index (κ1) is 14.2. The van der Waals surface area contributed by atoms with E-state index in [1.54, 1.807) is 12.4 Å². The minimum atomic E-state index is 0.576. The normalized spacial score (nSPS) is 14.1. The van der Waals surface area contributed by atoms with Gasteiger partial charge in [0.2, 0.25) is 0 Å². The number of hydrogen-bond acceptors (Lipinski definition) is 5. The highest BCUT2D eigenvalue weighted by molar-refractivity contribution is 5.62. The Balaban J connectivity index is 1.35. The lowest BCUT2D eigenvalue weighted by atomic mass is 10.2. The van der Waals surface area contributed by atoms with Gasteiger partial charge in [0.25, 0.3) is 0 Å². The maximum atomic E-state index is 4.62. The van der Waals surface area contributed by atoms with Gasteiger partial charge in [-0.05, 0) is 25.0 Å². The van der Waals surface area contributed by atoms with Gasteiger partial charge in [-0.1, -0.05) is 12.1 Å². The van der Waals surface area contributed by atoms with Gasteiger partial charge < -0.3 is 5.32 Å². The number of rotatable bonds is 5. The molecule has 0 atom stereocenters. The van der Waals surface area contributed by atoms with Crippen LogP contribution in [0.5, 0.6) is 0 Å². The summed E-state index contributed by atoms with van der Waals surface area (Å²) in [5, 5.41) is 10.9. The van der Waals surface area contributed by atoms with E-state index in [1.165, 1.54) is 12.8 Å². The summed E-state index contributed by atoms with van der Waals surface area (Å²) in [6.45, 7) is 0.677. The molecule has 1 fully saturated rings. The van der Waals surface area contributed by atoms with Gasteiger partial charge in [0, 0.05) is 29.6 Å². The maximum absolute atomic E-state index is 4.62. The van der Waals surface area contributed by atoms with Crippen LogP contribution in [0.15, 0.2) is 49.1 Å². The van der Waals surface area contributed by atoms with Gasteiger partial charge in [0.1, 0.15) is 5.82 Å². The highest BCUT2D eigenvalue weighted by atomic mass is 15.2. The molecule has 3 heterocycles. The number of H-pyrrole nitrogens is 1. The van der Waals surface area contributed by atoms with E-state index < -0.39 is 0 Å². The van der Waals surface area contributed by atoms with Crippen LogP contribution in [-0.4, -0.2) is 29.5 Å². The van der Waals surface area contributed by atoms with Gasteiger partial charge in [-0.3, -0.25) is 14.5 Å². The average Bonchev–Trinajstić information content (AvgIpc) is 3.24. The van der Waals surface area contributed by atoms with Gasteiger partial charge in [-0.15, -0.1) is 0 Å². The van der Waals surface area contributed by atoms with Crippen LogP contribution in [0.1, 0.15) is 30.3 Å². The van der Waals surface area contributed by atoms with Crippen molar-refractivity contribution in [2.75, 3.05) is 5.32 Å². The first-order chi connectivity index (χ1) is 12.4. The molecule has 0 unspecified atom stereocenters. The van der Waals surface area contributed by atoms with Crippen LogP contribution in [0.3, 0.4) is 0 Å². The summed E-state index contributed by atoms with van der Waals surface area (Å²) in [7, 11) is 0. The van der Waals surface area contributed by atoms with E-state index in [9.17, 15) is 0 Å². The van der Waals surface area contributed by atoms with Crippen LogP contribution < -0.4 is 5.32 Å². The Morgan fingerprint density at radius 2 is 2.20 bits per heavy atom. The molecule has 0 aliphatic heterocycles. The molecule has 4 aromatic rings. The molecular formula is C18H17N7. The average molecular weight is 331 g/mol. The van der Waals surface area contributed by atoms with Gasteiger partial charge in [-0.2, -0.15) is 5.10 Å². The van der Waals surface area contributed by atoms with Gasteiger partial charge in [0.05, 0.1) is 24.6 Å². The number of anilines is 1. The highest BCUT2D eigenvalue weighted by Gasteiger charge is 2.27. The van der Waals surface area contributed by atoms with E-state index >= 15 is 0 Å². The van der Waals surface area contributed by atoms with Crippen LogP contribution in [-0.2, 0) is 6.54 Å². The molecule has 2 N–H and O–H groups in total. The van der Waals surface area contributed by atoms with Crippen LogP contribution in [0.25, 0.3) is 17.0 Å². The lowest BCUT2D eigenvalue weighted by molar-refractivity contribution is 0.935. The Morgan fingerprint density at radius 1 is 1.24 bits per heavy atom. The van der Waals surface area contributed by atoms with E-state index in [2.05, 4.69) is 36.5 Å². The van der Waals surface area contributed by atoms with Crippen molar-refractivity contribution in [3.8, 4) is 11.4 Å². The molecule has 1 aliphatic carbocycles. The number of aromatic nitrogens is 6. The van der Waals surface area contributed by atoms with Crippen molar-refractivity contribution < 1.29 is 0 Å². The minimum absolute atomic E-state index is 0.576. The first-order valence-corrected chi connectivity index (χ1v) is 8.39. The number of nitrogens with one attached hydrogen (secondary N) is 2. The third kappa shape index (κ3) is 2.73. The summed E-state index contributed by atoms with van der Waals surface area (Å²) < 4.78 is 2.03. The molecule has 3 aromatic heterocycles. The lowest BCUT2D eigenvalue weighted by Gasteiger charge is -2.07. The van der Waals surface area contributed by atoms with Crippen molar-refractivity contribution in [2.24, 2.45) is 0 Å². The van der Waals surface area contributed by atoms with Crippen molar-refractivity contribution in [1.29, 1.82) is 0 Å². The Hall–Kier alpha value is -3.22. The van der Waals surface area contributed by atoms with E-state index in [0.29, 0.717) is 12.5 Å². The molecule has 7 heteroatoms. The molecule has 1 aromatic carbocycles. The van der Waals surface area contributed by atoms with Crippen molar-refractivity contribution in [1.82, 2.24) is 29.5 Å². The monoisotopic (exact) mass is 331 g/mol. The summed E-state index contributed by atoms with van der Waals surface area (Å²) >= 11 is 0. The minimum Gasteiger partial charge on any atom is -0.379 e. The smallest absolute Gasteiger partial charge is 0.181 e. The summed E-state index contributed by atoms with van der Waals surface area (Å²) in [4.78, 5) is 13.1. The second kappa shape index (κ2) is 5.70. The zero-order valence-electron chi connectivity index (χ0n) is 13.6. The molecule has 25 heavy (non-hydrogen) atoms. The van der Waals surface area contributed by atoms with Gasteiger partial charge in [-0.25, -0.2) is 9.97 Å². The van der Waals surface area contributed by atoms with E-state index in [-0.39, 0.29) is 0 Å². The van der Waals surface area contributed by atoms with Crippen molar-refractivity contribution in [2.45, 2.75) is 25.3 Å². The van der Waals surface area contributed by atoms with Crippen LogP contribution in [0.2, 0.25) is 0 Å². The molecule has 0 spiro atoms. The van der Waals surface area contributed by atoms with Crippen LogP contribution >= 0.6 is 0 Å². The predicted octanol–water partition coefficient (Wildman–Crippen LogP) is 3.00. The zero-order chi connectivity index (χ0) is 16.6. The third-order valence-electron chi connectivity index (χ3n) is 4.46. The van der Waals surface area contributed by atoms with E-state index in [1.807, 2.05) is 35.0 Å². The number of aromatic amines is 1. The molecular weight excluding hydrogens is 314 g/mol. The number of fused-ring (bicyclic) bond motifs is 1.